The third kappa shape index (κ3) is 2.95. The zero-order valence-electron chi connectivity index (χ0n) is 7.69. The first-order valence-corrected chi connectivity index (χ1v) is 4.44. The van der Waals surface area contributed by atoms with Gasteiger partial charge in [0.05, 0.1) is 6.10 Å². The standard InChI is InChI=1S/C8H16N2O3/c1-5-7(2-3-13-5)10-4-6(9)8(11)12/h5-7,10H,2-4,9H2,1H3,(H,11,12). The van der Waals surface area contributed by atoms with Crippen molar-refractivity contribution in [2.75, 3.05) is 13.2 Å². The number of rotatable bonds is 4. The molecule has 1 aliphatic rings. The van der Waals surface area contributed by atoms with Gasteiger partial charge in [-0.2, -0.15) is 0 Å². The van der Waals surface area contributed by atoms with E-state index < -0.39 is 12.0 Å². The van der Waals surface area contributed by atoms with E-state index >= 15 is 0 Å². The lowest BCUT2D eigenvalue weighted by molar-refractivity contribution is -0.138. The molecule has 0 bridgehead atoms. The second-order valence-electron chi connectivity index (χ2n) is 3.32. The number of nitrogens with one attached hydrogen (secondary N) is 1. The number of nitrogens with two attached hydrogens (primary N) is 1. The van der Waals surface area contributed by atoms with Crippen molar-refractivity contribution in [1.29, 1.82) is 0 Å². The fraction of sp³-hybridized carbons (Fsp3) is 0.875. The largest absolute Gasteiger partial charge is 0.480 e. The first kappa shape index (κ1) is 10.4. The van der Waals surface area contributed by atoms with E-state index in [1.54, 1.807) is 0 Å². The first-order chi connectivity index (χ1) is 6.11. The summed E-state index contributed by atoms with van der Waals surface area (Å²) in [6.07, 6.45) is 1.08. The van der Waals surface area contributed by atoms with Gasteiger partial charge >= 0.3 is 5.97 Å². The molecule has 5 heteroatoms. The van der Waals surface area contributed by atoms with Crippen LogP contribution in [0.1, 0.15) is 13.3 Å². The quantitative estimate of drug-likeness (QED) is 0.536. The Kier molecular flexibility index (Phi) is 3.65. The number of carboxylic acid groups (broad SMARTS) is 1. The Hall–Kier alpha value is -0.650. The number of hydrogen-bond acceptors (Lipinski definition) is 4. The summed E-state index contributed by atoms with van der Waals surface area (Å²) in [5.41, 5.74) is 5.34. The van der Waals surface area contributed by atoms with Crippen LogP contribution < -0.4 is 11.1 Å². The molecule has 0 aliphatic carbocycles. The summed E-state index contributed by atoms with van der Waals surface area (Å²) in [4.78, 5) is 10.4. The molecule has 1 saturated heterocycles. The third-order valence-corrected chi connectivity index (χ3v) is 2.29. The van der Waals surface area contributed by atoms with Gasteiger partial charge in [0.2, 0.25) is 0 Å². The zero-order chi connectivity index (χ0) is 9.84. The molecule has 1 rings (SSSR count). The van der Waals surface area contributed by atoms with Crippen molar-refractivity contribution >= 4 is 5.97 Å². The molecule has 1 fully saturated rings. The van der Waals surface area contributed by atoms with Gasteiger partial charge in [0, 0.05) is 19.2 Å². The van der Waals surface area contributed by atoms with E-state index in [9.17, 15) is 4.79 Å². The number of hydrogen-bond donors (Lipinski definition) is 3. The normalized spacial score (nSPS) is 30.3. The van der Waals surface area contributed by atoms with E-state index in [0.717, 1.165) is 13.0 Å². The Morgan fingerprint density at radius 1 is 1.85 bits per heavy atom. The van der Waals surface area contributed by atoms with Crippen LogP contribution in [0, 0.1) is 0 Å². The van der Waals surface area contributed by atoms with Crippen molar-refractivity contribution in [3.8, 4) is 0 Å². The van der Waals surface area contributed by atoms with Gasteiger partial charge in [-0.15, -0.1) is 0 Å². The summed E-state index contributed by atoms with van der Waals surface area (Å²) in [7, 11) is 0. The Bertz CT molecular complexity index is 186. The summed E-state index contributed by atoms with van der Waals surface area (Å²) in [5.74, 6) is -0.973. The fourth-order valence-corrected chi connectivity index (χ4v) is 1.37. The molecule has 0 radical (unpaired) electrons. The Morgan fingerprint density at radius 2 is 2.54 bits per heavy atom. The van der Waals surface area contributed by atoms with Crippen LogP contribution >= 0.6 is 0 Å². The van der Waals surface area contributed by atoms with Crippen LogP contribution in [0.3, 0.4) is 0 Å². The van der Waals surface area contributed by atoms with Gasteiger partial charge in [0.15, 0.2) is 0 Å². The van der Waals surface area contributed by atoms with Crippen LogP contribution in [0.2, 0.25) is 0 Å². The molecule has 13 heavy (non-hydrogen) atoms. The topological polar surface area (TPSA) is 84.6 Å². The second-order valence-corrected chi connectivity index (χ2v) is 3.32. The van der Waals surface area contributed by atoms with Crippen molar-refractivity contribution in [3.05, 3.63) is 0 Å². The monoisotopic (exact) mass is 188 g/mol. The van der Waals surface area contributed by atoms with Gasteiger partial charge in [-0.1, -0.05) is 0 Å². The summed E-state index contributed by atoms with van der Waals surface area (Å²) in [5, 5.41) is 11.6. The summed E-state index contributed by atoms with van der Waals surface area (Å²) in [6, 6.07) is -0.585. The van der Waals surface area contributed by atoms with Gasteiger partial charge < -0.3 is 20.9 Å². The molecule has 0 aromatic heterocycles. The first-order valence-electron chi connectivity index (χ1n) is 4.44. The molecule has 4 N–H and O–H groups in total. The highest BCUT2D eigenvalue weighted by Gasteiger charge is 2.24. The average Bonchev–Trinajstić information content (AvgIpc) is 2.47. The molecule has 0 amide bonds. The minimum atomic E-state index is -0.973. The van der Waals surface area contributed by atoms with Crippen LogP contribution in [-0.4, -0.2) is 42.4 Å². The number of aliphatic carboxylic acids is 1. The molecule has 0 aromatic carbocycles. The smallest absolute Gasteiger partial charge is 0.321 e. The zero-order valence-corrected chi connectivity index (χ0v) is 7.69. The lowest BCUT2D eigenvalue weighted by Crippen LogP contribution is -2.45. The van der Waals surface area contributed by atoms with Crippen molar-refractivity contribution in [2.24, 2.45) is 5.73 Å². The summed E-state index contributed by atoms with van der Waals surface area (Å²) >= 11 is 0. The minimum absolute atomic E-state index is 0.154. The molecule has 3 unspecified atom stereocenters. The van der Waals surface area contributed by atoms with E-state index in [2.05, 4.69) is 5.32 Å². The van der Waals surface area contributed by atoms with E-state index in [0.29, 0.717) is 6.54 Å². The minimum Gasteiger partial charge on any atom is -0.480 e. The van der Waals surface area contributed by atoms with Gasteiger partial charge in [0.1, 0.15) is 6.04 Å². The third-order valence-electron chi connectivity index (χ3n) is 2.29. The maximum Gasteiger partial charge on any atom is 0.321 e. The Balaban J connectivity index is 2.22. The van der Waals surface area contributed by atoms with Crippen LogP contribution in [0.5, 0.6) is 0 Å². The molecular weight excluding hydrogens is 172 g/mol. The molecule has 1 heterocycles. The van der Waals surface area contributed by atoms with Gasteiger partial charge in [-0.3, -0.25) is 4.79 Å². The van der Waals surface area contributed by atoms with Crippen molar-refractivity contribution in [1.82, 2.24) is 5.32 Å². The second kappa shape index (κ2) is 4.55. The van der Waals surface area contributed by atoms with Crippen LogP contribution in [0.4, 0.5) is 0 Å². The molecule has 0 aromatic rings. The molecule has 0 saturated carbocycles. The molecule has 1 aliphatic heterocycles. The predicted octanol–water partition coefficient (Wildman–Crippen LogP) is -0.835. The van der Waals surface area contributed by atoms with Crippen molar-refractivity contribution < 1.29 is 14.6 Å². The fourth-order valence-electron chi connectivity index (χ4n) is 1.37. The average molecular weight is 188 g/mol. The molecule has 5 nitrogen and oxygen atoms in total. The van der Waals surface area contributed by atoms with E-state index in [1.807, 2.05) is 6.92 Å². The molecular formula is C8H16N2O3. The maximum absolute atomic E-state index is 10.4. The molecule has 76 valence electrons. The maximum atomic E-state index is 10.4. The lowest BCUT2D eigenvalue weighted by Gasteiger charge is -2.17. The Labute approximate surface area is 77.2 Å². The van der Waals surface area contributed by atoms with Crippen molar-refractivity contribution in [3.63, 3.8) is 0 Å². The lowest BCUT2D eigenvalue weighted by atomic mass is 10.1. The van der Waals surface area contributed by atoms with Gasteiger partial charge in [-0.25, -0.2) is 0 Å². The van der Waals surface area contributed by atoms with Gasteiger partial charge in [-0.05, 0) is 13.3 Å². The summed E-state index contributed by atoms with van der Waals surface area (Å²) in [6.45, 7) is 3.01. The predicted molar refractivity (Wildman–Crippen MR) is 47.4 cm³/mol. The van der Waals surface area contributed by atoms with Crippen LogP contribution in [0.15, 0.2) is 0 Å². The highest BCUT2D eigenvalue weighted by atomic mass is 16.5. The number of carbonyl (C=O) groups is 1. The highest BCUT2D eigenvalue weighted by Crippen LogP contribution is 2.11. The van der Waals surface area contributed by atoms with E-state index in [4.69, 9.17) is 15.6 Å². The molecule has 0 spiro atoms. The van der Waals surface area contributed by atoms with E-state index in [1.165, 1.54) is 0 Å². The van der Waals surface area contributed by atoms with Crippen LogP contribution in [0.25, 0.3) is 0 Å². The SMILES string of the molecule is CC1OCCC1NCC(N)C(=O)O. The summed E-state index contributed by atoms with van der Waals surface area (Å²) < 4.78 is 5.31. The van der Waals surface area contributed by atoms with Crippen LogP contribution in [-0.2, 0) is 9.53 Å². The van der Waals surface area contributed by atoms with Gasteiger partial charge in [0.25, 0.3) is 0 Å². The van der Waals surface area contributed by atoms with Crippen molar-refractivity contribution in [2.45, 2.75) is 31.5 Å². The number of ether oxygens (including phenoxy) is 1. The number of carboxylic acids is 1. The Morgan fingerprint density at radius 3 is 3.00 bits per heavy atom. The van der Waals surface area contributed by atoms with E-state index in [-0.39, 0.29) is 12.1 Å². The highest BCUT2D eigenvalue weighted by molar-refractivity contribution is 5.73. The molecule has 3 atom stereocenters.